The van der Waals surface area contributed by atoms with Crippen LogP contribution in [0.5, 0.6) is 5.75 Å². The Morgan fingerprint density at radius 1 is 0.662 bits per heavy atom. The molecule has 8 heteroatoms. The average Bonchev–Trinajstić information content (AvgIpc) is 3.95. The standard InChI is InChI=1S/C60H62O8/c1-4-7-13-44-24-26-48(27-25-44)55-41-53-40-52(55)42-60(53,37-36-47-22-20-46(21-23-47)19-18-45-16-14-43(12-5-2)15-17-45)68-59(64)51-32-34-54(35-33-51)67-58(63)50-30-28-49(29-31-50)57(62)66-39-11-9-8-10-38-65-56(61)6-3/h6,14-17,20-27,32-35,49-50,52-53,55H,3-4,7-11,13,28-31,38-42H2,1-2H3. The van der Waals surface area contributed by atoms with Gasteiger partial charge in [0.15, 0.2) is 5.60 Å². The van der Waals surface area contributed by atoms with Crippen molar-refractivity contribution in [2.75, 3.05) is 13.2 Å². The van der Waals surface area contributed by atoms with Gasteiger partial charge in [-0.05, 0) is 186 Å². The monoisotopic (exact) mass is 910 g/mol. The molecule has 2 bridgehead atoms. The van der Waals surface area contributed by atoms with E-state index in [1.165, 1.54) is 24.0 Å². The molecule has 0 saturated heterocycles. The zero-order valence-corrected chi connectivity index (χ0v) is 39.5. The molecule has 0 radical (unpaired) electrons. The van der Waals surface area contributed by atoms with Gasteiger partial charge in [0.2, 0.25) is 0 Å². The lowest BCUT2D eigenvalue weighted by Gasteiger charge is -2.36. The van der Waals surface area contributed by atoms with Gasteiger partial charge < -0.3 is 18.9 Å². The second-order valence-electron chi connectivity index (χ2n) is 18.3. The van der Waals surface area contributed by atoms with E-state index in [1.807, 2.05) is 55.5 Å². The third-order valence-electron chi connectivity index (χ3n) is 13.6. The quantitative estimate of drug-likeness (QED) is 0.0258. The molecule has 7 rings (SSSR count). The summed E-state index contributed by atoms with van der Waals surface area (Å²) in [6.45, 7) is 8.12. The van der Waals surface area contributed by atoms with Crippen molar-refractivity contribution >= 4 is 23.9 Å². The Kier molecular flexibility index (Phi) is 17.5. The number of benzene rings is 4. The molecule has 0 heterocycles. The van der Waals surface area contributed by atoms with Gasteiger partial charge in [0.05, 0.1) is 30.6 Å². The minimum absolute atomic E-state index is 0.0731. The Bertz CT molecular complexity index is 2570. The van der Waals surface area contributed by atoms with Crippen LogP contribution in [0.15, 0.2) is 110 Å². The Labute approximate surface area is 402 Å². The van der Waals surface area contributed by atoms with Gasteiger partial charge in [-0.25, -0.2) is 9.59 Å². The van der Waals surface area contributed by atoms with Gasteiger partial charge in [0.1, 0.15) is 5.75 Å². The van der Waals surface area contributed by atoms with E-state index in [9.17, 15) is 19.2 Å². The summed E-state index contributed by atoms with van der Waals surface area (Å²) in [5, 5.41) is 0. The van der Waals surface area contributed by atoms with Crippen LogP contribution in [0.25, 0.3) is 0 Å². The highest BCUT2D eigenvalue weighted by Crippen LogP contribution is 2.59. The van der Waals surface area contributed by atoms with Gasteiger partial charge >= 0.3 is 23.9 Å². The lowest BCUT2D eigenvalue weighted by Crippen LogP contribution is -2.40. The van der Waals surface area contributed by atoms with Crippen LogP contribution in [0.1, 0.15) is 147 Å². The fourth-order valence-electron chi connectivity index (χ4n) is 9.78. The second-order valence-corrected chi connectivity index (χ2v) is 18.3. The SMILES string of the molecule is C=CC(=O)OCCCCCCOC(=O)C1CCC(C(=O)Oc2ccc(C(=O)OC3(C#Cc4ccc(C#Cc5ccc(C#CC)cc5)cc4)CC4CC3CC4c3ccc(CCCC)cc3)cc2)CC1. The Balaban J connectivity index is 0.943. The molecular formula is C60H62O8. The summed E-state index contributed by atoms with van der Waals surface area (Å²) >= 11 is 0. The summed E-state index contributed by atoms with van der Waals surface area (Å²) in [5.74, 6) is 18.4. The first-order valence-corrected chi connectivity index (χ1v) is 24.4. The van der Waals surface area contributed by atoms with E-state index in [0.29, 0.717) is 68.5 Å². The number of esters is 4. The number of carbonyl (C=O) groups is 4. The number of rotatable bonds is 17. The molecule has 0 aromatic heterocycles. The van der Waals surface area contributed by atoms with Gasteiger partial charge in [-0.2, -0.15) is 0 Å². The summed E-state index contributed by atoms with van der Waals surface area (Å²) in [5.41, 5.74) is 5.68. The predicted molar refractivity (Wildman–Crippen MR) is 263 cm³/mol. The van der Waals surface area contributed by atoms with Gasteiger partial charge in [-0.1, -0.05) is 67.9 Å². The summed E-state index contributed by atoms with van der Waals surface area (Å²) in [6, 6.07) is 31.4. The smallest absolute Gasteiger partial charge is 0.339 e. The van der Waals surface area contributed by atoms with Crippen LogP contribution < -0.4 is 4.74 Å². The topological polar surface area (TPSA) is 105 Å². The Morgan fingerprint density at radius 3 is 1.79 bits per heavy atom. The van der Waals surface area contributed by atoms with Crippen LogP contribution in [0.3, 0.4) is 0 Å². The van der Waals surface area contributed by atoms with Crippen LogP contribution in [0, 0.1) is 59.2 Å². The summed E-state index contributed by atoms with van der Waals surface area (Å²) in [4.78, 5) is 51.0. The van der Waals surface area contributed by atoms with Gasteiger partial charge in [0.25, 0.3) is 0 Å². The van der Waals surface area contributed by atoms with E-state index >= 15 is 0 Å². The Morgan fingerprint density at radius 2 is 1.24 bits per heavy atom. The highest BCUT2D eigenvalue weighted by molar-refractivity contribution is 5.90. The van der Waals surface area contributed by atoms with Crippen molar-refractivity contribution in [1.29, 1.82) is 0 Å². The molecule has 3 aliphatic rings. The minimum atomic E-state index is -0.951. The van der Waals surface area contributed by atoms with Crippen molar-refractivity contribution in [3.8, 4) is 41.3 Å². The van der Waals surface area contributed by atoms with Crippen LogP contribution in [-0.4, -0.2) is 42.7 Å². The van der Waals surface area contributed by atoms with Crippen LogP contribution in [0.2, 0.25) is 0 Å². The fourth-order valence-corrected chi connectivity index (χ4v) is 9.78. The number of hydrogen-bond acceptors (Lipinski definition) is 8. The fraction of sp³-hybridized carbons (Fsp3) is 0.400. The van der Waals surface area contributed by atoms with Crippen LogP contribution in [-0.2, 0) is 35.0 Å². The van der Waals surface area contributed by atoms with Gasteiger partial charge in [0, 0.05) is 40.7 Å². The normalized spacial score (nSPS) is 21.1. The van der Waals surface area contributed by atoms with Crippen molar-refractivity contribution < 1.29 is 38.1 Å². The molecule has 3 saturated carbocycles. The van der Waals surface area contributed by atoms with E-state index in [0.717, 1.165) is 73.3 Å². The van der Waals surface area contributed by atoms with Crippen molar-refractivity contribution in [2.24, 2.45) is 23.7 Å². The number of fused-ring (bicyclic) bond motifs is 2. The molecule has 3 fully saturated rings. The van der Waals surface area contributed by atoms with Crippen LogP contribution in [0.4, 0.5) is 0 Å². The van der Waals surface area contributed by atoms with E-state index in [-0.39, 0.29) is 29.7 Å². The summed E-state index contributed by atoms with van der Waals surface area (Å²) in [6.07, 6.45) is 12.5. The molecule has 350 valence electrons. The first-order valence-electron chi connectivity index (χ1n) is 24.4. The zero-order valence-electron chi connectivity index (χ0n) is 39.5. The largest absolute Gasteiger partial charge is 0.465 e. The molecule has 4 aromatic carbocycles. The number of hydrogen-bond donors (Lipinski definition) is 0. The molecule has 0 aliphatic heterocycles. The second kappa shape index (κ2) is 24.3. The lowest BCUT2D eigenvalue weighted by atomic mass is 9.76. The molecule has 0 amide bonds. The molecule has 8 nitrogen and oxygen atoms in total. The van der Waals surface area contributed by atoms with Crippen molar-refractivity contribution in [2.45, 2.75) is 115 Å². The molecule has 0 N–H and O–H groups in total. The zero-order chi connectivity index (χ0) is 47.7. The molecule has 68 heavy (non-hydrogen) atoms. The highest BCUT2D eigenvalue weighted by atomic mass is 16.6. The van der Waals surface area contributed by atoms with Crippen LogP contribution >= 0.6 is 0 Å². The Hall–Kier alpha value is -6.82. The molecule has 4 unspecified atom stereocenters. The van der Waals surface area contributed by atoms with Crippen molar-refractivity contribution in [1.82, 2.24) is 0 Å². The maximum absolute atomic E-state index is 14.0. The first-order chi connectivity index (χ1) is 33.1. The van der Waals surface area contributed by atoms with E-state index in [2.05, 4.69) is 73.3 Å². The van der Waals surface area contributed by atoms with Gasteiger partial charge in [-0.15, -0.1) is 5.92 Å². The molecule has 4 atom stereocenters. The predicted octanol–water partition coefficient (Wildman–Crippen LogP) is 11.5. The third-order valence-corrected chi connectivity index (χ3v) is 13.6. The summed E-state index contributed by atoms with van der Waals surface area (Å²) in [7, 11) is 0. The number of ether oxygens (including phenoxy) is 4. The van der Waals surface area contributed by atoms with E-state index in [1.54, 1.807) is 24.3 Å². The maximum atomic E-state index is 14.0. The third kappa shape index (κ3) is 13.4. The molecule has 0 spiro atoms. The minimum Gasteiger partial charge on any atom is -0.465 e. The maximum Gasteiger partial charge on any atom is 0.339 e. The molecular weight excluding hydrogens is 849 g/mol. The van der Waals surface area contributed by atoms with Gasteiger partial charge in [-0.3, -0.25) is 9.59 Å². The van der Waals surface area contributed by atoms with E-state index in [4.69, 9.17) is 18.9 Å². The molecule has 3 aliphatic carbocycles. The van der Waals surface area contributed by atoms with Crippen molar-refractivity contribution in [3.05, 3.63) is 149 Å². The average molecular weight is 911 g/mol. The summed E-state index contributed by atoms with van der Waals surface area (Å²) < 4.78 is 22.8. The number of aryl methyl sites for hydroxylation is 1. The lowest BCUT2D eigenvalue weighted by molar-refractivity contribution is -0.152. The first kappa shape index (κ1) is 49.1. The number of carbonyl (C=O) groups excluding carboxylic acids is 4. The van der Waals surface area contributed by atoms with E-state index < -0.39 is 17.5 Å². The highest BCUT2D eigenvalue weighted by Gasteiger charge is 2.57. The molecule has 4 aromatic rings. The number of unbranched alkanes of at least 4 members (excludes halogenated alkanes) is 4. The van der Waals surface area contributed by atoms with Crippen molar-refractivity contribution in [3.63, 3.8) is 0 Å².